The zero-order chi connectivity index (χ0) is 25.8. The average molecular weight is 506 g/mol. The summed E-state index contributed by atoms with van der Waals surface area (Å²) < 4.78 is 23.5. The fourth-order valence-corrected chi connectivity index (χ4v) is 4.44. The van der Waals surface area contributed by atoms with Gasteiger partial charge in [-0.1, -0.05) is 24.3 Å². The van der Waals surface area contributed by atoms with Crippen LogP contribution in [0.5, 0.6) is 5.75 Å². The van der Waals surface area contributed by atoms with Crippen LogP contribution in [0.2, 0.25) is 0 Å². The van der Waals surface area contributed by atoms with Crippen molar-refractivity contribution < 1.29 is 33.5 Å². The molecular formula is C26H36FN3O6. The van der Waals surface area contributed by atoms with Gasteiger partial charge in [-0.05, 0) is 55.7 Å². The number of hydroxylamine groups is 1. The third kappa shape index (κ3) is 8.91. The van der Waals surface area contributed by atoms with Crippen LogP contribution < -0.4 is 20.9 Å². The lowest BCUT2D eigenvalue weighted by molar-refractivity contribution is -0.137. The van der Waals surface area contributed by atoms with E-state index in [0.717, 1.165) is 18.4 Å². The van der Waals surface area contributed by atoms with E-state index in [0.29, 0.717) is 44.6 Å². The molecule has 4 rings (SSSR count). The van der Waals surface area contributed by atoms with Crippen molar-refractivity contribution in [3.05, 3.63) is 42.0 Å². The highest BCUT2D eigenvalue weighted by Gasteiger charge is 2.29. The molecular weight excluding hydrogens is 469 g/mol. The maximum absolute atomic E-state index is 13.1. The SMILES string of the molecule is O=C1C[C@@H](C(=O)NO)CCCOC2C=CC(CC2)C[C@@H](C(=O)NCc2ccc(OCCCF)cc2)N1. The second kappa shape index (κ2) is 14.5. The number of benzene rings is 1. The molecule has 1 fully saturated rings. The van der Waals surface area contributed by atoms with Crippen molar-refractivity contribution in [3.8, 4) is 5.75 Å². The van der Waals surface area contributed by atoms with Gasteiger partial charge in [0, 0.05) is 31.9 Å². The third-order valence-electron chi connectivity index (χ3n) is 6.49. The topological polar surface area (TPSA) is 126 Å². The Morgan fingerprint density at radius 2 is 1.94 bits per heavy atom. The summed E-state index contributed by atoms with van der Waals surface area (Å²) in [6.07, 6.45) is 7.31. The molecule has 1 saturated heterocycles. The number of nitrogens with one attached hydrogen (secondary N) is 3. The second-order valence-electron chi connectivity index (χ2n) is 9.26. The molecule has 9 nitrogen and oxygen atoms in total. The molecule has 3 amide bonds. The van der Waals surface area contributed by atoms with E-state index in [-0.39, 0.29) is 30.9 Å². The predicted molar refractivity (Wildman–Crippen MR) is 130 cm³/mol. The van der Waals surface area contributed by atoms with Gasteiger partial charge in [0.2, 0.25) is 17.7 Å². The molecule has 0 aromatic heterocycles. The summed E-state index contributed by atoms with van der Waals surface area (Å²) in [5.74, 6) is -1.34. The van der Waals surface area contributed by atoms with Gasteiger partial charge in [0.1, 0.15) is 11.8 Å². The molecule has 2 aliphatic heterocycles. The summed E-state index contributed by atoms with van der Waals surface area (Å²) in [4.78, 5) is 37.9. The maximum atomic E-state index is 13.1. The fourth-order valence-electron chi connectivity index (χ4n) is 4.44. The number of amides is 3. The van der Waals surface area contributed by atoms with Crippen LogP contribution in [0.3, 0.4) is 0 Å². The Kier molecular flexibility index (Phi) is 11.2. The minimum absolute atomic E-state index is 0.0000930. The number of rotatable bonds is 8. The highest BCUT2D eigenvalue weighted by atomic mass is 19.1. The second-order valence-corrected chi connectivity index (χ2v) is 9.26. The summed E-state index contributed by atoms with van der Waals surface area (Å²) in [6, 6.07) is 6.40. The Hall–Kier alpha value is -2.98. The van der Waals surface area contributed by atoms with Crippen LogP contribution in [-0.2, 0) is 25.7 Å². The Morgan fingerprint density at radius 3 is 2.64 bits per heavy atom. The molecule has 10 heteroatoms. The molecule has 1 aromatic rings. The van der Waals surface area contributed by atoms with E-state index in [1.54, 1.807) is 17.6 Å². The number of carbonyl (C=O) groups is 3. The minimum Gasteiger partial charge on any atom is -0.494 e. The van der Waals surface area contributed by atoms with Crippen molar-refractivity contribution in [2.24, 2.45) is 11.8 Å². The summed E-state index contributed by atoms with van der Waals surface area (Å²) in [6.45, 7) is 0.605. The van der Waals surface area contributed by atoms with Crippen LogP contribution in [-0.4, -0.2) is 55.0 Å². The average Bonchev–Trinajstić information content (AvgIpc) is 2.89. The first-order valence-electron chi connectivity index (χ1n) is 12.6. The number of allylic oxidation sites excluding steroid dienone is 1. The molecule has 0 radical (unpaired) electrons. The largest absolute Gasteiger partial charge is 0.494 e. The summed E-state index contributed by atoms with van der Waals surface area (Å²) in [5, 5.41) is 14.8. The van der Waals surface area contributed by atoms with E-state index in [2.05, 4.69) is 16.7 Å². The summed E-state index contributed by atoms with van der Waals surface area (Å²) in [5.41, 5.74) is 2.48. The molecule has 2 unspecified atom stereocenters. The van der Waals surface area contributed by atoms with Gasteiger partial charge in [-0.2, -0.15) is 0 Å². The standard InChI is InChI=1S/C26H36FN3O6/c27-12-2-14-36-22-10-6-19(7-11-22)17-28-26(33)23-15-18-4-8-21(9-5-18)35-13-1-3-20(25(32)30-34)16-24(31)29-23/h4,6-8,10-11,18,20-21,23,34H,1-3,5,9,12-17H2,(H,28,33)(H,29,31)(H,30,32)/t18?,20-,21?,23-/m0/s1. The monoisotopic (exact) mass is 505 g/mol. The minimum atomic E-state index is -0.770. The van der Waals surface area contributed by atoms with Crippen molar-refractivity contribution in [1.29, 1.82) is 0 Å². The van der Waals surface area contributed by atoms with Crippen LogP contribution in [0.1, 0.15) is 50.5 Å². The lowest BCUT2D eigenvalue weighted by atomic mass is 9.88. The van der Waals surface area contributed by atoms with Gasteiger partial charge in [-0.25, -0.2) is 5.48 Å². The lowest BCUT2D eigenvalue weighted by Crippen LogP contribution is -2.48. The van der Waals surface area contributed by atoms with E-state index < -0.39 is 30.4 Å². The van der Waals surface area contributed by atoms with Gasteiger partial charge in [0.25, 0.3) is 0 Å². The van der Waals surface area contributed by atoms with E-state index in [1.807, 2.05) is 18.2 Å². The van der Waals surface area contributed by atoms with Crippen molar-refractivity contribution in [2.75, 3.05) is 19.9 Å². The molecule has 0 spiro atoms. The normalized spacial score (nSPS) is 24.9. The molecule has 2 heterocycles. The van der Waals surface area contributed by atoms with Crippen molar-refractivity contribution in [1.82, 2.24) is 16.1 Å². The summed E-state index contributed by atoms with van der Waals surface area (Å²) >= 11 is 0. The Balaban J connectivity index is 1.64. The zero-order valence-electron chi connectivity index (χ0n) is 20.4. The number of hydrogen-bond acceptors (Lipinski definition) is 6. The number of carbonyl (C=O) groups excluding carboxylic acids is 3. The van der Waals surface area contributed by atoms with E-state index in [1.165, 1.54) is 0 Å². The van der Waals surface area contributed by atoms with Crippen LogP contribution in [0.25, 0.3) is 0 Å². The van der Waals surface area contributed by atoms with Crippen molar-refractivity contribution in [2.45, 2.75) is 63.6 Å². The predicted octanol–water partition coefficient (Wildman–Crippen LogP) is 2.57. The quantitative estimate of drug-likeness (QED) is 0.186. The Labute approximate surface area is 210 Å². The highest BCUT2D eigenvalue weighted by molar-refractivity contribution is 5.90. The van der Waals surface area contributed by atoms with Gasteiger partial charge >= 0.3 is 0 Å². The van der Waals surface area contributed by atoms with E-state index in [9.17, 15) is 18.8 Å². The first-order chi connectivity index (χ1) is 17.5. The Bertz CT molecular complexity index is 894. The number of ether oxygens (including phenoxy) is 2. The molecule has 1 aliphatic carbocycles. The molecule has 3 aliphatic rings. The molecule has 0 saturated carbocycles. The number of alkyl halides is 1. The Morgan fingerprint density at radius 1 is 1.14 bits per heavy atom. The van der Waals surface area contributed by atoms with Crippen molar-refractivity contribution >= 4 is 17.7 Å². The first-order valence-corrected chi connectivity index (χ1v) is 12.6. The highest BCUT2D eigenvalue weighted by Crippen LogP contribution is 2.25. The van der Waals surface area contributed by atoms with E-state index in [4.69, 9.17) is 14.7 Å². The van der Waals surface area contributed by atoms with Gasteiger partial charge in [-0.15, -0.1) is 0 Å². The lowest BCUT2D eigenvalue weighted by Gasteiger charge is -2.28. The zero-order valence-corrected chi connectivity index (χ0v) is 20.4. The third-order valence-corrected chi connectivity index (χ3v) is 6.49. The molecule has 4 N–H and O–H groups in total. The number of fused-ring (bicyclic) bond motifs is 10. The number of halogens is 1. The molecule has 36 heavy (non-hydrogen) atoms. The fraction of sp³-hybridized carbons (Fsp3) is 0.577. The van der Waals surface area contributed by atoms with E-state index >= 15 is 0 Å². The summed E-state index contributed by atoms with van der Waals surface area (Å²) in [7, 11) is 0. The van der Waals surface area contributed by atoms with Gasteiger partial charge in [-0.3, -0.25) is 24.0 Å². The number of hydrogen-bond donors (Lipinski definition) is 4. The van der Waals surface area contributed by atoms with Crippen LogP contribution in [0.15, 0.2) is 36.4 Å². The molecule has 1 aromatic carbocycles. The van der Waals surface area contributed by atoms with Crippen LogP contribution in [0, 0.1) is 11.8 Å². The van der Waals surface area contributed by atoms with Gasteiger partial charge in [0.05, 0.1) is 19.4 Å². The smallest absolute Gasteiger partial charge is 0.246 e. The first kappa shape index (κ1) is 27.6. The van der Waals surface area contributed by atoms with Crippen LogP contribution in [0.4, 0.5) is 4.39 Å². The maximum Gasteiger partial charge on any atom is 0.246 e. The van der Waals surface area contributed by atoms with Gasteiger partial charge < -0.3 is 20.1 Å². The van der Waals surface area contributed by atoms with Crippen molar-refractivity contribution in [3.63, 3.8) is 0 Å². The molecule has 198 valence electrons. The molecule has 2 bridgehead atoms. The van der Waals surface area contributed by atoms with Crippen LogP contribution >= 0.6 is 0 Å². The van der Waals surface area contributed by atoms with Gasteiger partial charge in [0.15, 0.2) is 0 Å². The molecule has 4 atom stereocenters.